The van der Waals surface area contributed by atoms with Gasteiger partial charge in [-0.1, -0.05) is 30.3 Å². The Labute approximate surface area is 169 Å². The molecule has 2 saturated heterocycles. The lowest BCUT2D eigenvalue weighted by molar-refractivity contribution is -0.147. The van der Waals surface area contributed by atoms with Crippen molar-refractivity contribution < 1.29 is 19.1 Å². The minimum absolute atomic E-state index is 0.0101. The van der Waals surface area contributed by atoms with Crippen LogP contribution in [0.3, 0.4) is 0 Å². The lowest BCUT2D eigenvalue weighted by Gasteiger charge is -2.40. The maximum atomic E-state index is 13.1. The quantitative estimate of drug-likeness (QED) is 0.731. The van der Waals surface area contributed by atoms with E-state index < -0.39 is 5.92 Å². The molecular formula is C21H24N4O4. The van der Waals surface area contributed by atoms with Gasteiger partial charge in [-0.05, 0) is 18.9 Å². The first-order valence-electron chi connectivity index (χ1n) is 9.79. The van der Waals surface area contributed by atoms with Crippen LogP contribution in [-0.2, 0) is 20.9 Å². The fourth-order valence-electron chi connectivity index (χ4n) is 4.45. The number of amides is 2. The van der Waals surface area contributed by atoms with E-state index in [4.69, 9.17) is 4.74 Å². The van der Waals surface area contributed by atoms with Gasteiger partial charge in [0.25, 0.3) is 5.91 Å². The Hall–Kier alpha value is -3.16. The number of carbonyl (C=O) groups is 3. The number of rotatable bonds is 4. The number of nitrogens with zero attached hydrogens (tertiary/aromatic N) is 4. The molecule has 4 rings (SSSR count). The van der Waals surface area contributed by atoms with E-state index in [1.165, 1.54) is 13.3 Å². The Morgan fingerprint density at radius 3 is 2.66 bits per heavy atom. The SMILES string of the molecule is CCn1cc(C(=O)N2CC(=O)N3[C@@H](C[C@H](C(=O)OC)[C@@H]3c3ccccc3)C2)cn1. The Kier molecular flexibility index (Phi) is 5.08. The van der Waals surface area contributed by atoms with Crippen molar-refractivity contribution in [3.63, 3.8) is 0 Å². The molecule has 2 aliphatic heterocycles. The lowest BCUT2D eigenvalue weighted by atomic mass is 9.93. The molecule has 0 bridgehead atoms. The summed E-state index contributed by atoms with van der Waals surface area (Å²) in [7, 11) is 1.37. The molecule has 1 aromatic carbocycles. The molecule has 0 radical (unpaired) electrons. The summed E-state index contributed by atoms with van der Waals surface area (Å²) >= 11 is 0. The van der Waals surface area contributed by atoms with Gasteiger partial charge in [0.1, 0.15) is 6.54 Å². The molecule has 0 aliphatic carbocycles. The molecular weight excluding hydrogens is 372 g/mol. The Morgan fingerprint density at radius 1 is 1.24 bits per heavy atom. The smallest absolute Gasteiger partial charge is 0.311 e. The largest absolute Gasteiger partial charge is 0.469 e. The number of ether oxygens (including phenoxy) is 1. The number of aryl methyl sites for hydroxylation is 1. The topological polar surface area (TPSA) is 84.7 Å². The molecule has 0 spiro atoms. The Balaban J connectivity index is 1.60. The molecule has 29 heavy (non-hydrogen) atoms. The van der Waals surface area contributed by atoms with Gasteiger partial charge in [0, 0.05) is 19.3 Å². The average Bonchev–Trinajstić information content (AvgIpc) is 3.38. The number of benzene rings is 1. The molecule has 0 saturated carbocycles. The molecule has 3 heterocycles. The molecule has 1 aromatic heterocycles. The van der Waals surface area contributed by atoms with Gasteiger partial charge in [-0.15, -0.1) is 0 Å². The normalized spacial score (nSPS) is 23.8. The Morgan fingerprint density at radius 2 is 2.00 bits per heavy atom. The van der Waals surface area contributed by atoms with E-state index in [1.54, 1.807) is 20.7 Å². The fraction of sp³-hybridized carbons (Fsp3) is 0.429. The zero-order chi connectivity index (χ0) is 20.5. The van der Waals surface area contributed by atoms with Crippen molar-refractivity contribution in [3.8, 4) is 0 Å². The number of piperazine rings is 1. The second-order valence-electron chi connectivity index (χ2n) is 7.45. The van der Waals surface area contributed by atoms with Gasteiger partial charge < -0.3 is 14.5 Å². The molecule has 8 heteroatoms. The molecule has 0 unspecified atom stereocenters. The molecule has 152 valence electrons. The first kappa shape index (κ1) is 19.2. The monoisotopic (exact) mass is 396 g/mol. The van der Waals surface area contributed by atoms with Crippen LogP contribution < -0.4 is 0 Å². The highest BCUT2D eigenvalue weighted by Crippen LogP contribution is 2.43. The second kappa shape index (κ2) is 7.69. The average molecular weight is 396 g/mol. The van der Waals surface area contributed by atoms with Gasteiger partial charge in [-0.2, -0.15) is 5.10 Å². The molecule has 3 atom stereocenters. The molecule has 2 aliphatic rings. The summed E-state index contributed by atoms with van der Waals surface area (Å²) in [5.41, 5.74) is 1.37. The van der Waals surface area contributed by atoms with E-state index in [0.717, 1.165) is 5.56 Å². The highest BCUT2D eigenvalue weighted by Gasteiger charge is 2.51. The van der Waals surface area contributed by atoms with Crippen LogP contribution in [-0.4, -0.2) is 63.6 Å². The van der Waals surface area contributed by atoms with E-state index in [2.05, 4.69) is 5.10 Å². The van der Waals surface area contributed by atoms with E-state index in [0.29, 0.717) is 25.1 Å². The summed E-state index contributed by atoms with van der Waals surface area (Å²) in [5, 5.41) is 4.15. The third-order valence-corrected chi connectivity index (χ3v) is 5.78. The fourth-order valence-corrected chi connectivity index (χ4v) is 4.45. The first-order chi connectivity index (χ1) is 14.0. The van der Waals surface area contributed by atoms with Gasteiger partial charge >= 0.3 is 5.97 Å². The number of carbonyl (C=O) groups excluding carboxylic acids is 3. The van der Waals surface area contributed by atoms with Gasteiger partial charge in [0.05, 0.1) is 36.9 Å². The minimum atomic E-state index is -0.450. The van der Waals surface area contributed by atoms with Crippen molar-refractivity contribution in [2.45, 2.75) is 32.0 Å². The zero-order valence-electron chi connectivity index (χ0n) is 16.5. The van der Waals surface area contributed by atoms with Crippen molar-refractivity contribution in [1.29, 1.82) is 0 Å². The van der Waals surface area contributed by atoms with Crippen LogP contribution in [0.2, 0.25) is 0 Å². The number of hydrogen-bond donors (Lipinski definition) is 0. The van der Waals surface area contributed by atoms with E-state index in [-0.39, 0.29) is 36.4 Å². The summed E-state index contributed by atoms with van der Waals surface area (Å²) in [5.74, 6) is -1.15. The van der Waals surface area contributed by atoms with Crippen LogP contribution in [0.4, 0.5) is 0 Å². The number of esters is 1. The maximum Gasteiger partial charge on any atom is 0.311 e. The summed E-state index contributed by atoms with van der Waals surface area (Å²) < 4.78 is 6.70. The van der Waals surface area contributed by atoms with Crippen LogP contribution >= 0.6 is 0 Å². The van der Waals surface area contributed by atoms with Crippen molar-refractivity contribution in [2.75, 3.05) is 20.2 Å². The van der Waals surface area contributed by atoms with Gasteiger partial charge in [-0.25, -0.2) is 0 Å². The second-order valence-corrected chi connectivity index (χ2v) is 7.45. The first-order valence-corrected chi connectivity index (χ1v) is 9.79. The molecule has 2 fully saturated rings. The van der Waals surface area contributed by atoms with E-state index in [1.807, 2.05) is 37.3 Å². The molecule has 0 N–H and O–H groups in total. The lowest BCUT2D eigenvalue weighted by Crippen LogP contribution is -2.55. The van der Waals surface area contributed by atoms with Crippen molar-refractivity contribution >= 4 is 17.8 Å². The number of aromatic nitrogens is 2. The zero-order valence-corrected chi connectivity index (χ0v) is 16.5. The van der Waals surface area contributed by atoms with Crippen LogP contribution in [0.15, 0.2) is 42.7 Å². The standard InChI is InChI=1S/C21H24N4O4/c1-3-24-11-15(10-22-24)20(27)23-12-16-9-17(21(28)29-2)19(25(16)18(26)13-23)14-7-5-4-6-8-14/h4-8,10-11,16-17,19H,3,9,12-13H2,1-2H3/t16-,17-,19-/m0/s1. The van der Waals surface area contributed by atoms with Gasteiger partial charge in [-0.3, -0.25) is 19.1 Å². The van der Waals surface area contributed by atoms with Crippen LogP contribution in [0.5, 0.6) is 0 Å². The maximum absolute atomic E-state index is 13.1. The van der Waals surface area contributed by atoms with Crippen molar-refractivity contribution in [2.24, 2.45) is 5.92 Å². The van der Waals surface area contributed by atoms with Gasteiger partial charge in [0.15, 0.2) is 0 Å². The Bertz CT molecular complexity index is 926. The highest BCUT2D eigenvalue weighted by molar-refractivity contribution is 5.97. The summed E-state index contributed by atoms with van der Waals surface area (Å²) in [6, 6.07) is 8.94. The predicted octanol–water partition coefficient (Wildman–Crippen LogP) is 1.49. The van der Waals surface area contributed by atoms with E-state index >= 15 is 0 Å². The van der Waals surface area contributed by atoms with Crippen molar-refractivity contribution in [1.82, 2.24) is 19.6 Å². The minimum Gasteiger partial charge on any atom is -0.469 e. The summed E-state index contributed by atoms with van der Waals surface area (Å²) in [6.07, 6.45) is 3.69. The molecule has 2 amide bonds. The molecule has 2 aromatic rings. The van der Waals surface area contributed by atoms with E-state index in [9.17, 15) is 14.4 Å². The number of fused-ring (bicyclic) bond motifs is 1. The number of hydrogen-bond acceptors (Lipinski definition) is 5. The van der Waals surface area contributed by atoms with Crippen LogP contribution in [0, 0.1) is 5.92 Å². The van der Waals surface area contributed by atoms with Crippen LogP contribution in [0.1, 0.15) is 35.3 Å². The molecule has 8 nitrogen and oxygen atoms in total. The summed E-state index contributed by atoms with van der Waals surface area (Å²) in [4.78, 5) is 41.8. The predicted molar refractivity (Wildman–Crippen MR) is 104 cm³/mol. The van der Waals surface area contributed by atoms with Crippen LogP contribution in [0.25, 0.3) is 0 Å². The third kappa shape index (κ3) is 3.39. The highest BCUT2D eigenvalue weighted by atomic mass is 16.5. The van der Waals surface area contributed by atoms with Crippen molar-refractivity contribution in [3.05, 3.63) is 53.9 Å². The summed E-state index contributed by atoms with van der Waals surface area (Å²) in [6.45, 7) is 2.99. The third-order valence-electron chi connectivity index (χ3n) is 5.78. The van der Waals surface area contributed by atoms with Gasteiger partial charge in [0.2, 0.25) is 5.91 Å². The number of methoxy groups -OCH3 is 1.